The van der Waals surface area contributed by atoms with Gasteiger partial charge in [-0.3, -0.25) is 9.11 Å². The van der Waals surface area contributed by atoms with Gasteiger partial charge in [0.25, 0.3) is 0 Å². The molecule has 0 heterocycles. The summed E-state index contributed by atoms with van der Waals surface area (Å²) in [6.07, 6.45) is 0. The van der Waals surface area contributed by atoms with Gasteiger partial charge in [0.05, 0.1) is 0 Å². The number of halogens is 1. The van der Waals surface area contributed by atoms with E-state index in [1.807, 2.05) is 0 Å². The molecule has 0 aromatic carbocycles. The van der Waals surface area contributed by atoms with Crippen molar-refractivity contribution in [2.45, 2.75) is 0 Å². The van der Waals surface area contributed by atoms with Crippen molar-refractivity contribution in [2.24, 2.45) is 0 Å². The quantitative estimate of drug-likeness (QED) is 0.322. The lowest BCUT2D eigenvalue weighted by molar-refractivity contribution is 0.488. The molecule has 0 saturated carbocycles. The Labute approximate surface area is 53.9 Å². The molecule has 0 bridgehead atoms. The second kappa shape index (κ2) is 3.36. The number of hydrogen-bond donors (Lipinski definition) is 2. The molecule has 1 atom stereocenters. The summed E-state index contributed by atoms with van der Waals surface area (Å²) in [7, 11) is -7.87. The highest BCUT2D eigenvalue weighted by molar-refractivity contribution is 8.59. The molecule has 0 rings (SSSR count). The van der Waals surface area contributed by atoms with Crippen LogP contribution in [-0.2, 0) is 19.3 Å². The van der Waals surface area contributed by atoms with Crippen molar-refractivity contribution in [1.29, 1.82) is 0 Å². The van der Waals surface area contributed by atoms with E-state index in [9.17, 15) is 12.6 Å². The van der Waals surface area contributed by atoms with E-state index in [1.54, 1.807) is 0 Å². The van der Waals surface area contributed by atoms with Gasteiger partial charge in [0.15, 0.2) is 0 Å². The van der Waals surface area contributed by atoms with Crippen molar-refractivity contribution in [3.05, 3.63) is 0 Å². The predicted molar refractivity (Wildman–Crippen MR) is 29.6 cm³/mol. The second-order valence-corrected chi connectivity index (χ2v) is 4.05. The first kappa shape index (κ1) is 11.2. The summed E-state index contributed by atoms with van der Waals surface area (Å²) in [4.78, 5) is 0. The Morgan fingerprint density at radius 3 is 1.50 bits per heavy atom. The van der Waals surface area contributed by atoms with E-state index in [0.29, 0.717) is 0 Å². The average molecular weight is 183 g/mol. The van der Waals surface area contributed by atoms with E-state index in [2.05, 4.69) is 0 Å². The van der Waals surface area contributed by atoms with Crippen molar-refractivity contribution in [3.63, 3.8) is 0 Å². The molecule has 8 heteroatoms. The van der Waals surface area contributed by atoms with Crippen LogP contribution in [-0.4, -0.2) is 21.7 Å². The molecule has 0 fully saturated rings. The summed E-state index contributed by atoms with van der Waals surface area (Å²) < 4.78 is 43.0. The molecule has 0 aliphatic heterocycles. The van der Waals surface area contributed by atoms with Crippen molar-refractivity contribution >= 4 is 31.7 Å². The Kier molecular flexibility index (Phi) is 4.68. The molecule has 52 valence electrons. The molecular formula is H3ClO5S2. The summed E-state index contributed by atoms with van der Waals surface area (Å²) in [5.41, 5.74) is 0. The zero-order chi connectivity index (χ0) is 6.08. The van der Waals surface area contributed by atoms with Gasteiger partial charge in [0, 0.05) is 0 Å². The Hall–Kier alpha value is 0.310. The maximum Gasteiger partial charge on any atom is 0.373 e. The highest BCUT2D eigenvalue weighted by Gasteiger charge is 2.10. The molecule has 0 aromatic heterocycles. The summed E-state index contributed by atoms with van der Waals surface area (Å²) in [6, 6.07) is 0. The van der Waals surface area contributed by atoms with E-state index in [1.165, 1.54) is 0 Å². The lowest BCUT2D eigenvalue weighted by Gasteiger charge is -1.80. The number of hydrogen-bond acceptors (Lipinski definition) is 3. The first-order valence-electron chi connectivity index (χ1n) is 1.03. The first-order valence-corrected chi connectivity index (χ1v) is 4.10. The topological polar surface area (TPSA) is 91.7 Å². The third-order valence-corrected chi connectivity index (χ3v) is 1.62. The first-order chi connectivity index (χ1) is 2.94. The molecule has 0 amide bonds. The predicted octanol–water partition coefficient (Wildman–Crippen LogP) is -0.567. The molecular weight excluding hydrogens is 180 g/mol. The standard InChI is InChI=1S/ClH.H2O5S2/c;1-6(2)7(3,4)5/h1H;(H,1,2)(H,3,4,5). The van der Waals surface area contributed by atoms with Crippen LogP contribution >= 0.6 is 12.4 Å². The zero-order valence-corrected chi connectivity index (χ0v) is 5.79. The molecule has 2 N–H and O–H groups in total. The molecule has 1 unspecified atom stereocenters. The van der Waals surface area contributed by atoms with Crippen LogP contribution in [0.5, 0.6) is 0 Å². The minimum atomic E-state index is -4.71. The van der Waals surface area contributed by atoms with Crippen LogP contribution in [0.1, 0.15) is 0 Å². The van der Waals surface area contributed by atoms with Gasteiger partial charge in [0.1, 0.15) is 0 Å². The van der Waals surface area contributed by atoms with Gasteiger partial charge in [-0.05, 0) is 0 Å². The van der Waals surface area contributed by atoms with E-state index in [-0.39, 0.29) is 12.4 Å². The zero-order valence-electron chi connectivity index (χ0n) is 3.34. The summed E-state index contributed by atoms with van der Waals surface area (Å²) in [5.74, 6) is 0. The third kappa shape index (κ3) is 4.47. The van der Waals surface area contributed by atoms with Gasteiger partial charge < -0.3 is 0 Å². The van der Waals surface area contributed by atoms with Crippen molar-refractivity contribution in [2.75, 3.05) is 0 Å². The normalized spacial score (nSPS) is 14.2. The van der Waals surface area contributed by atoms with E-state index < -0.39 is 19.3 Å². The summed E-state index contributed by atoms with van der Waals surface area (Å²) in [6.45, 7) is 0. The van der Waals surface area contributed by atoms with Crippen LogP contribution in [0.15, 0.2) is 0 Å². The smallest absolute Gasteiger partial charge is 0.292 e. The molecule has 0 saturated heterocycles. The Balaban J connectivity index is 0. The fraction of sp³-hybridized carbons (Fsp3) is 0. The van der Waals surface area contributed by atoms with Crippen LogP contribution in [0.25, 0.3) is 0 Å². The van der Waals surface area contributed by atoms with Crippen LogP contribution < -0.4 is 0 Å². The lowest BCUT2D eigenvalue weighted by atomic mass is 15.9. The van der Waals surface area contributed by atoms with E-state index in [4.69, 9.17) is 9.11 Å². The minimum Gasteiger partial charge on any atom is -0.292 e. The third-order valence-electron chi connectivity index (χ3n) is 0.180. The van der Waals surface area contributed by atoms with Gasteiger partial charge in [-0.15, -0.1) is 12.4 Å². The molecule has 0 aliphatic carbocycles. The minimum absolute atomic E-state index is 0. The molecule has 0 spiro atoms. The van der Waals surface area contributed by atoms with Crippen molar-refractivity contribution in [3.8, 4) is 0 Å². The van der Waals surface area contributed by atoms with Crippen molar-refractivity contribution in [1.82, 2.24) is 0 Å². The van der Waals surface area contributed by atoms with Crippen LogP contribution in [0.3, 0.4) is 0 Å². The van der Waals surface area contributed by atoms with Crippen LogP contribution in [0.4, 0.5) is 0 Å². The molecule has 0 aromatic rings. The van der Waals surface area contributed by atoms with Gasteiger partial charge in [-0.2, -0.15) is 8.42 Å². The Morgan fingerprint density at radius 2 is 1.50 bits per heavy atom. The largest absolute Gasteiger partial charge is 0.373 e. The highest BCUT2D eigenvalue weighted by atomic mass is 35.5. The Morgan fingerprint density at radius 1 is 1.38 bits per heavy atom. The molecule has 8 heavy (non-hydrogen) atoms. The van der Waals surface area contributed by atoms with Gasteiger partial charge >= 0.3 is 19.3 Å². The fourth-order valence-corrected chi connectivity index (χ4v) is 0. The second-order valence-electron chi connectivity index (χ2n) is 0.645. The van der Waals surface area contributed by atoms with Gasteiger partial charge in [0.2, 0.25) is 0 Å². The van der Waals surface area contributed by atoms with Crippen molar-refractivity contribution < 1.29 is 21.7 Å². The van der Waals surface area contributed by atoms with E-state index in [0.717, 1.165) is 0 Å². The highest BCUT2D eigenvalue weighted by Crippen LogP contribution is 1.83. The average Bonchev–Trinajstić information content (AvgIpc) is 1.31. The van der Waals surface area contributed by atoms with E-state index >= 15 is 0 Å². The fourth-order valence-electron chi connectivity index (χ4n) is 0. The summed E-state index contributed by atoms with van der Waals surface area (Å²) in [5, 5.41) is 0. The maximum absolute atomic E-state index is 9.34. The number of rotatable bonds is 1. The molecule has 5 nitrogen and oxygen atoms in total. The van der Waals surface area contributed by atoms with Gasteiger partial charge in [-0.25, -0.2) is 4.21 Å². The summed E-state index contributed by atoms with van der Waals surface area (Å²) >= 11 is 0. The monoisotopic (exact) mass is 182 g/mol. The van der Waals surface area contributed by atoms with Gasteiger partial charge in [-0.1, -0.05) is 0 Å². The SMILES string of the molecule is Cl.O=S(O)S(=O)(=O)O. The molecule has 0 radical (unpaired) electrons. The van der Waals surface area contributed by atoms with Crippen LogP contribution in [0.2, 0.25) is 0 Å². The lowest BCUT2D eigenvalue weighted by Crippen LogP contribution is -2.03. The Bertz CT molecular complexity index is 165. The molecule has 0 aliphatic rings. The van der Waals surface area contributed by atoms with Crippen LogP contribution in [0, 0.1) is 0 Å². The maximum atomic E-state index is 9.34.